The van der Waals surface area contributed by atoms with Gasteiger partial charge in [-0.25, -0.2) is 13.1 Å². The number of hydrogen-bond donors (Lipinski definition) is 1. The molecule has 1 atom stereocenters. The average Bonchev–Trinajstić information content (AvgIpc) is 2.94. The molecule has 21 heavy (non-hydrogen) atoms. The highest BCUT2D eigenvalue weighted by atomic mass is 32.2. The maximum Gasteiger partial charge on any atom is 0.250 e. The Morgan fingerprint density at radius 2 is 2.05 bits per heavy atom. The highest BCUT2D eigenvalue weighted by molar-refractivity contribution is 7.91. The smallest absolute Gasteiger partial charge is 0.250 e. The van der Waals surface area contributed by atoms with Crippen molar-refractivity contribution in [2.45, 2.75) is 56.3 Å². The van der Waals surface area contributed by atoms with Crippen LogP contribution in [0.25, 0.3) is 0 Å². The zero-order valence-corrected chi connectivity index (χ0v) is 14.5. The van der Waals surface area contributed by atoms with E-state index in [0.29, 0.717) is 10.8 Å². The van der Waals surface area contributed by atoms with Gasteiger partial charge in [-0.3, -0.25) is 4.79 Å². The van der Waals surface area contributed by atoms with Gasteiger partial charge in [0.1, 0.15) is 4.21 Å². The van der Waals surface area contributed by atoms with Gasteiger partial charge in [-0.15, -0.1) is 11.3 Å². The van der Waals surface area contributed by atoms with Crippen molar-refractivity contribution < 1.29 is 13.2 Å². The summed E-state index contributed by atoms with van der Waals surface area (Å²) in [6.45, 7) is 8.28. The van der Waals surface area contributed by atoms with Crippen molar-refractivity contribution >= 4 is 27.3 Å². The maximum atomic E-state index is 12.3. The first-order chi connectivity index (χ1) is 9.63. The number of aryl methyl sites for hydroxylation is 1. The van der Waals surface area contributed by atoms with Gasteiger partial charge in [-0.1, -0.05) is 6.92 Å². The van der Waals surface area contributed by atoms with E-state index < -0.39 is 10.0 Å². The Labute approximate surface area is 130 Å². The Kier molecular flexibility index (Phi) is 4.46. The minimum absolute atomic E-state index is 0.00405. The molecule has 2 heterocycles. The molecule has 7 heteroatoms. The van der Waals surface area contributed by atoms with E-state index in [0.717, 1.165) is 11.3 Å². The monoisotopic (exact) mass is 330 g/mol. The number of sulfonamides is 1. The molecule has 1 aliphatic heterocycles. The van der Waals surface area contributed by atoms with Crippen LogP contribution in [0.1, 0.15) is 39.0 Å². The lowest BCUT2D eigenvalue weighted by Gasteiger charge is -2.32. The van der Waals surface area contributed by atoms with Crippen molar-refractivity contribution in [1.29, 1.82) is 0 Å². The van der Waals surface area contributed by atoms with Crippen molar-refractivity contribution in [2.75, 3.05) is 6.54 Å². The molecular weight excluding hydrogens is 308 g/mol. The van der Waals surface area contributed by atoms with Crippen molar-refractivity contribution in [2.24, 2.45) is 0 Å². The van der Waals surface area contributed by atoms with Crippen LogP contribution in [0.2, 0.25) is 0 Å². The third-order valence-electron chi connectivity index (χ3n) is 3.51. The number of nitrogens with zero attached hydrogens (tertiary/aromatic N) is 1. The predicted octanol–water partition coefficient (Wildman–Crippen LogP) is 1.99. The fourth-order valence-corrected chi connectivity index (χ4v) is 4.94. The summed E-state index contributed by atoms with van der Waals surface area (Å²) in [7, 11) is -3.54. The molecular formula is C14H22N2O3S2. The quantitative estimate of drug-likeness (QED) is 0.918. The molecule has 1 fully saturated rings. The van der Waals surface area contributed by atoms with E-state index in [9.17, 15) is 13.2 Å². The fraction of sp³-hybridized carbons (Fsp3) is 0.643. The summed E-state index contributed by atoms with van der Waals surface area (Å²) >= 11 is 1.28. The number of carbonyl (C=O) groups is 1. The van der Waals surface area contributed by atoms with Gasteiger partial charge in [0, 0.05) is 29.4 Å². The van der Waals surface area contributed by atoms with E-state index in [1.165, 1.54) is 11.3 Å². The lowest BCUT2D eigenvalue weighted by atomic mass is 10.1. The molecule has 1 saturated heterocycles. The first-order valence-corrected chi connectivity index (χ1v) is 9.35. The molecule has 118 valence electrons. The van der Waals surface area contributed by atoms with Crippen molar-refractivity contribution in [1.82, 2.24) is 9.62 Å². The standard InChI is InChI=1S/C14H22N2O3S2/c1-5-11-6-7-13(20-11)21(18,19)15-10-8-12(17)16(9-10)14(2,3)4/h6-7,10,15H,5,8-9H2,1-4H3. The number of likely N-dealkylation sites (tertiary alicyclic amines) is 1. The van der Waals surface area contributed by atoms with E-state index in [2.05, 4.69) is 4.72 Å². The molecule has 0 aliphatic carbocycles. The normalized spacial score (nSPS) is 20.3. The number of nitrogens with one attached hydrogen (secondary N) is 1. The van der Waals surface area contributed by atoms with E-state index >= 15 is 0 Å². The molecule has 2 rings (SSSR count). The maximum absolute atomic E-state index is 12.3. The molecule has 0 radical (unpaired) electrons. The highest BCUT2D eigenvalue weighted by Gasteiger charge is 2.38. The summed E-state index contributed by atoms with van der Waals surface area (Å²) < 4.78 is 27.7. The van der Waals surface area contributed by atoms with Gasteiger partial charge in [0.15, 0.2) is 0 Å². The van der Waals surface area contributed by atoms with Gasteiger partial charge in [-0.2, -0.15) is 0 Å². The molecule has 0 bridgehead atoms. The molecule has 1 amide bonds. The molecule has 5 nitrogen and oxygen atoms in total. The number of rotatable bonds is 4. The van der Waals surface area contributed by atoms with Crippen LogP contribution in [-0.2, 0) is 21.2 Å². The van der Waals surface area contributed by atoms with E-state index in [4.69, 9.17) is 0 Å². The number of carbonyl (C=O) groups excluding carboxylic acids is 1. The van der Waals surface area contributed by atoms with Crippen LogP contribution in [0.5, 0.6) is 0 Å². The summed E-state index contributed by atoms with van der Waals surface area (Å²) in [6.07, 6.45) is 1.04. The summed E-state index contributed by atoms with van der Waals surface area (Å²) in [5.41, 5.74) is -0.282. The van der Waals surface area contributed by atoms with Gasteiger partial charge >= 0.3 is 0 Å². The minimum atomic E-state index is -3.54. The number of amides is 1. The second-order valence-corrected chi connectivity index (χ2v) is 9.38. The largest absolute Gasteiger partial charge is 0.336 e. The third kappa shape index (κ3) is 3.64. The topological polar surface area (TPSA) is 66.5 Å². The second kappa shape index (κ2) is 5.70. The van der Waals surface area contributed by atoms with Crippen LogP contribution < -0.4 is 4.72 Å². The summed E-state index contributed by atoms with van der Waals surface area (Å²) in [4.78, 5) is 14.8. The lowest BCUT2D eigenvalue weighted by Crippen LogP contribution is -2.44. The average molecular weight is 330 g/mol. The molecule has 0 saturated carbocycles. The molecule has 1 aromatic heterocycles. The van der Waals surface area contributed by atoms with Gasteiger partial charge in [-0.05, 0) is 39.3 Å². The first kappa shape index (κ1) is 16.5. The van der Waals surface area contributed by atoms with E-state index in [1.807, 2.05) is 33.8 Å². The van der Waals surface area contributed by atoms with Crippen LogP contribution in [0, 0.1) is 0 Å². The van der Waals surface area contributed by atoms with Crippen LogP contribution in [0.3, 0.4) is 0 Å². The van der Waals surface area contributed by atoms with Gasteiger partial charge in [0.2, 0.25) is 15.9 Å². The van der Waals surface area contributed by atoms with Gasteiger partial charge in [0.25, 0.3) is 0 Å². The van der Waals surface area contributed by atoms with Crippen LogP contribution in [0.15, 0.2) is 16.3 Å². The van der Waals surface area contributed by atoms with Crippen LogP contribution >= 0.6 is 11.3 Å². The number of thiophene rings is 1. The Hall–Kier alpha value is -0.920. The molecule has 0 spiro atoms. The zero-order chi connectivity index (χ0) is 15.8. The van der Waals surface area contributed by atoms with Crippen LogP contribution in [-0.4, -0.2) is 37.4 Å². The Balaban J connectivity index is 2.10. The van der Waals surface area contributed by atoms with Crippen molar-refractivity contribution in [3.8, 4) is 0 Å². The molecule has 1 aromatic rings. The second-order valence-electron chi connectivity index (χ2n) is 6.27. The minimum Gasteiger partial charge on any atom is -0.336 e. The fourth-order valence-electron chi connectivity index (χ4n) is 2.40. The molecule has 1 unspecified atom stereocenters. The van der Waals surface area contributed by atoms with Gasteiger partial charge < -0.3 is 4.90 Å². The summed E-state index contributed by atoms with van der Waals surface area (Å²) in [5.74, 6) is -0.00405. The Morgan fingerprint density at radius 1 is 1.38 bits per heavy atom. The third-order valence-corrected chi connectivity index (χ3v) is 6.75. The van der Waals surface area contributed by atoms with Crippen LogP contribution in [0.4, 0.5) is 0 Å². The van der Waals surface area contributed by atoms with Crippen molar-refractivity contribution in [3.05, 3.63) is 17.0 Å². The predicted molar refractivity (Wildman–Crippen MR) is 83.9 cm³/mol. The Bertz CT molecular complexity index is 629. The SMILES string of the molecule is CCc1ccc(S(=O)(=O)NC2CC(=O)N(C(C)(C)C)C2)s1. The Morgan fingerprint density at radius 3 is 2.52 bits per heavy atom. The summed E-state index contributed by atoms with van der Waals surface area (Å²) in [5, 5.41) is 0. The number of hydrogen-bond acceptors (Lipinski definition) is 4. The van der Waals surface area contributed by atoms with E-state index in [1.54, 1.807) is 11.0 Å². The van der Waals surface area contributed by atoms with E-state index in [-0.39, 0.29) is 23.9 Å². The molecule has 0 aromatic carbocycles. The van der Waals surface area contributed by atoms with Crippen molar-refractivity contribution in [3.63, 3.8) is 0 Å². The zero-order valence-electron chi connectivity index (χ0n) is 12.8. The summed E-state index contributed by atoms with van der Waals surface area (Å²) in [6, 6.07) is 3.11. The lowest BCUT2D eigenvalue weighted by molar-refractivity contribution is -0.131. The van der Waals surface area contributed by atoms with Gasteiger partial charge in [0.05, 0.1) is 0 Å². The first-order valence-electron chi connectivity index (χ1n) is 7.05. The molecule has 1 N–H and O–H groups in total. The highest BCUT2D eigenvalue weighted by Crippen LogP contribution is 2.25. The molecule has 1 aliphatic rings.